The molecule has 2 rings (SSSR count). The van der Waals surface area contributed by atoms with Gasteiger partial charge in [0.2, 0.25) is 5.91 Å². The van der Waals surface area contributed by atoms with Gasteiger partial charge in [0, 0.05) is 6.04 Å². The molecule has 0 saturated heterocycles. The first kappa shape index (κ1) is 22.0. The summed E-state index contributed by atoms with van der Waals surface area (Å²) in [6, 6.07) is 12.2. The van der Waals surface area contributed by atoms with Gasteiger partial charge >= 0.3 is 0 Å². The summed E-state index contributed by atoms with van der Waals surface area (Å²) in [4.78, 5) is 12.8. The summed E-state index contributed by atoms with van der Waals surface area (Å²) in [6.07, 6.45) is 0. The van der Waals surface area contributed by atoms with E-state index in [9.17, 15) is 13.2 Å². The number of sulfonamides is 1. The Hall–Kier alpha value is -2.34. The molecule has 2 aromatic rings. The van der Waals surface area contributed by atoms with Crippen LogP contribution in [0.15, 0.2) is 47.4 Å². The molecule has 0 bridgehead atoms. The highest BCUT2D eigenvalue weighted by molar-refractivity contribution is 7.92. The Morgan fingerprint density at radius 3 is 1.96 bits per heavy atom. The predicted octanol–water partition coefficient (Wildman–Crippen LogP) is 3.97. The van der Waals surface area contributed by atoms with Crippen LogP contribution in [-0.4, -0.2) is 26.9 Å². The molecule has 0 radical (unpaired) electrons. The first-order valence-corrected chi connectivity index (χ1v) is 10.9. The molecule has 0 aliphatic heterocycles. The monoisotopic (exact) mass is 402 g/mol. The Balaban J connectivity index is 2.46. The maximum atomic E-state index is 13.4. The van der Waals surface area contributed by atoms with Crippen LogP contribution in [0.4, 0.5) is 5.69 Å². The summed E-state index contributed by atoms with van der Waals surface area (Å²) in [5, 5.41) is 2.90. The zero-order chi connectivity index (χ0) is 21.1. The molecule has 0 spiro atoms. The van der Waals surface area contributed by atoms with Crippen molar-refractivity contribution in [3.8, 4) is 0 Å². The Morgan fingerprint density at radius 1 is 0.929 bits per heavy atom. The van der Waals surface area contributed by atoms with Gasteiger partial charge in [0.15, 0.2) is 0 Å². The number of aryl methyl sites for hydroxylation is 3. The average Bonchev–Trinajstić information content (AvgIpc) is 2.58. The molecule has 1 unspecified atom stereocenters. The van der Waals surface area contributed by atoms with Crippen molar-refractivity contribution >= 4 is 21.6 Å². The quantitative estimate of drug-likeness (QED) is 0.762. The maximum Gasteiger partial charge on any atom is 0.264 e. The Kier molecular flexibility index (Phi) is 6.88. The average molecular weight is 403 g/mol. The highest BCUT2D eigenvalue weighted by Gasteiger charge is 2.28. The van der Waals surface area contributed by atoms with Gasteiger partial charge in [-0.05, 0) is 69.0 Å². The molecule has 0 aliphatic carbocycles. The van der Waals surface area contributed by atoms with Crippen molar-refractivity contribution in [3.63, 3.8) is 0 Å². The number of hydrogen-bond donors (Lipinski definition) is 1. The largest absolute Gasteiger partial charge is 0.352 e. The molecule has 28 heavy (non-hydrogen) atoms. The molecule has 0 fully saturated rings. The minimum atomic E-state index is -3.88. The third-order valence-electron chi connectivity index (χ3n) is 4.78. The number of amides is 1. The highest BCUT2D eigenvalue weighted by Crippen LogP contribution is 2.26. The van der Waals surface area contributed by atoms with E-state index >= 15 is 0 Å². The summed E-state index contributed by atoms with van der Waals surface area (Å²) >= 11 is 0. The lowest BCUT2D eigenvalue weighted by molar-refractivity contribution is -0.120. The van der Waals surface area contributed by atoms with Crippen LogP contribution in [0.2, 0.25) is 0 Å². The Labute approximate surface area is 168 Å². The zero-order valence-corrected chi connectivity index (χ0v) is 18.3. The number of carbonyl (C=O) groups is 1. The number of carbonyl (C=O) groups excluding carboxylic acids is 1. The third-order valence-corrected chi connectivity index (χ3v) is 6.57. The number of rotatable bonds is 7. The first-order chi connectivity index (χ1) is 13.0. The minimum Gasteiger partial charge on any atom is -0.352 e. The fourth-order valence-corrected chi connectivity index (χ4v) is 4.25. The summed E-state index contributed by atoms with van der Waals surface area (Å²) in [5.41, 5.74) is 3.34. The van der Waals surface area contributed by atoms with Crippen molar-refractivity contribution in [2.45, 2.75) is 52.5 Å². The number of benzene rings is 2. The lowest BCUT2D eigenvalue weighted by Gasteiger charge is -2.26. The number of hydrogen-bond acceptors (Lipinski definition) is 3. The first-order valence-electron chi connectivity index (χ1n) is 9.48. The van der Waals surface area contributed by atoms with E-state index in [0.29, 0.717) is 5.69 Å². The van der Waals surface area contributed by atoms with Gasteiger partial charge in [-0.15, -0.1) is 0 Å². The van der Waals surface area contributed by atoms with Crippen LogP contribution in [0.5, 0.6) is 0 Å². The summed E-state index contributed by atoms with van der Waals surface area (Å²) < 4.78 is 27.9. The molecular formula is C22H30N2O3S. The molecule has 0 saturated carbocycles. The van der Waals surface area contributed by atoms with Gasteiger partial charge in [0.05, 0.1) is 10.6 Å². The number of nitrogens with zero attached hydrogens (tertiary/aromatic N) is 1. The van der Waals surface area contributed by atoms with Gasteiger partial charge < -0.3 is 5.32 Å². The van der Waals surface area contributed by atoms with E-state index in [1.54, 1.807) is 36.4 Å². The molecule has 1 amide bonds. The molecule has 0 aromatic heterocycles. The Morgan fingerprint density at radius 2 is 1.46 bits per heavy atom. The molecule has 0 aliphatic rings. The topological polar surface area (TPSA) is 66.5 Å². The predicted molar refractivity (Wildman–Crippen MR) is 114 cm³/mol. The van der Waals surface area contributed by atoms with Crippen molar-refractivity contribution in [1.29, 1.82) is 0 Å². The van der Waals surface area contributed by atoms with Crippen LogP contribution in [0.3, 0.4) is 0 Å². The fourth-order valence-electron chi connectivity index (χ4n) is 2.84. The van der Waals surface area contributed by atoms with Gasteiger partial charge in [-0.2, -0.15) is 0 Å². The van der Waals surface area contributed by atoms with Crippen LogP contribution in [0.25, 0.3) is 0 Å². The van der Waals surface area contributed by atoms with Crippen LogP contribution < -0.4 is 9.62 Å². The second-order valence-corrected chi connectivity index (χ2v) is 9.63. The van der Waals surface area contributed by atoms with Gasteiger partial charge in [0.1, 0.15) is 6.54 Å². The molecule has 152 valence electrons. The van der Waals surface area contributed by atoms with Gasteiger partial charge in [-0.1, -0.05) is 37.6 Å². The van der Waals surface area contributed by atoms with E-state index in [1.807, 2.05) is 47.6 Å². The third kappa shape index (κ3) is 5.35. The van der Waals surface area contributed by atoms with Gasteiger partial charge in [-0.3, -0.25) is 9.10 Å². The molecular weight excluding hydrogens is 372 g/mol. The van der Waals surface area contributed by atoms with E-state index < -0.39 is 10.0 Å². The van der Waals surface area contributed by atoms with Crippen LogP contribution in [0, 0.1) is 26.7 Å². The molecule has 5 nitrogen and oxygen atoms in total. The highest BCUT2D eigenvalue weighted by atomic mass is 32.2. The standard InChI is InChI=1S/C22H30N2O3S/c1-15(2)19(6)23-22(25)14-24(20-12-17(4)11-18(5)13-20)28(26,27)21-9-7-16(3)8-10-21/h7-13,15,19H,14H2,1-6H3,(H,23,25). The summed E-state index contributed by atoms with van der Waals surface area (Å²) in [7, 11) is -3.88. The summed E-state index contributed by atoms with van der Waals surface area (Å²) in [6.45, 7) is 11.4. The van der Waals surface area contributed by atoms with E-state index in [4.69, 9.17) is 0 Å². The van der Waals surface area contributed by atoms with Crippen LogP contribution in [0.1, 0.15) is 37.5 Å². The summed E-state index contributed by atoms with van der Waals surface area (Å²) in [5.74, 6) is -0.0663. The van der Waals surface area contributed by atoms with Crippen molar-refractivity contribution in [2.24, 2.45) is 5.92 Å². The van der Waals surface area contributed by atoms with Crippen LogP contribution >= 0.6 is 0 Å². The van der Waals surface area contributed by atoms with Crippen molar-refractivity contribution in [1.82, 2.24) is 5.32 Å². The lowest BCUT2D eigenvalue weighted by atomic mass is 10.1. The normalized spacial score (nSPS) is 12.7. The van der Waals surface area contributed by atoms with Gasteiger partial charge in [0.25, 0.3) is 10.0 Å². The Bertz CT molecular complexity index is 915. The van der Waals surface area contributed by atoms with Crippen LogP contribution in [-0.2, 0) is 14.8 Å². The van der Waals surface area contributed by atoms with E-state index in [0.717, 1.165) is 16.7 Å². The van der Waals surface area contributed by atoms with E-state index in [-0.39, 0.29) is 29.3 Å². The minimum absolute atomic E-state index is 0.0457. The maximum absolute atomic E-state index is 13.4. The van der Waals surface area contributed by atoms with Crippen molar-refractivity contribution < 1.29 is 13.2 Å². The lowest BCUT2D eigenvalue weighted by Crippen LogP contribution is -2.45. The number of anilines is 1. The second-order valence-electron chi connectivity index (χ2n) is 7.77. The molecule has 2 aromatic carbocycles. The molecule has 6 heteroatoms. The number of nitrogens with one attached hydrogen (secondary N) is 1. The molecule has 1 N–H and O–H groups in total. The molecule has 0 heterocycles. The van der Waals surface area contributed by atoms with E-state index in [1.165, 1.54) is 4.31 Å². The second kappa shape index (κ2) is 8.78. The van der Waals surface area contributed by atoms with Gasteiger partial charge in [-0.25, -0.2) is 8.42 Å². The SMILES string of the molecule is Cc1ccc(S(=O)(=O)N(CC(=O)NC(C)C(C)C)c2cc(C)cc(C)c2)cc1. The van der Waals surface area contributed by atoms with Crippen molar-refractivity contribution in [3.05, 3.63) is 59.2 Å². The smallest absolute Gasteiger partial charge is 0.264 e. The fraction of sp³-hybridized carbons (Fsp3) is 0.409. The molecule has 1 atom stereocenters. The van der Waals surface area contributed by atoms with Crippen molar-refractivity contribution in [2.75, 3.05) is 10.8 Å². The zero-order valence-electron chi connectivity index (χ0n) is 17.5. The van der Waals surface area contributed by atoms with E-state index in [2.05, 4.69) is 5.32 Å².